The number of benzene rings is 1. The lowest BCUT2D eigenvalue weighted by atomic mass is 10.2. The Balaban J connectivity index is 0.000000346. The number of imidazole rings is 1. The third-order valence-electron chi connectivity index (χ3n) is 2.49. The molecule has 2 N–H and O–H groups in total. The zero-order valence-corrected chi connectivity index (χ0v) is 13.4. The van der Waals surface area contributed by atoms with Gasteiger partial charge in [-0.3, -0.25) is 0 Å². The average molecular weight is 371 g/mol. The molecule has 0 amide bonds. The highest BCUT2D eigenvalue weighted by Crippen LogP contribution is 2.21. The fourth-order valence-electron chi connectivity index (χ4n) is 1.45. The first-order valence-electron chi connectivity index (χ1n) is 6.21. The SMILES string of the molecule is Cc1cc(Br)ccc1OCCn1ccnc1.O=C(O)C(=O)O. The second-order valence-corrected chi connectivity index (χ2v) is 5.08. The summed E-state index contributed by atoms with van der Waals surface area (Å²) in [6.45, 7) is 3.51. The number of aliphatic carboxylic acids is 2. The number of carbonyl (C=O) groups is 2. The molecule has 22 heavy (non-hydrogen) atoms. The largest absolute Gasteiger partial charge is 0.491 e. The molecule has 7 nitrogen and oxygen atoms in total. The smallest absolute Gasteiger partial charge is 0.414 e. The minimum Gasteiger partial charge on any atom is -0.491 e. The van der Waals surface area contributed by atoms with Crippen LogP contribution in [-0.2, 0) is 16.1 Å². The van der Waals surface area contributed by atoms with Gasteiger partial charge in [0, 0.05) is 16.9 Å². The molecule has 2 aromatic rings. The van der Waals surface area contributed by atoms with E-state index in [-0.39, 0.29) is 0 Å². The Morgan fingerprint density at radius 3 is 2.50 bits per heavy atom. The molecule has 8 heteroatoms. The van der Waals surface area contributed by atoms with Gasteiger partial charge in [0.25, 0.3) is 0 Å². The Hall–Kier alpha value is -2.35. The van der Waals surface area contributed by atoms with Crippen LogP contribution < -0.4 is 4.74 Å². The highest BCUT2D eigenvalue weighted by atomic mass is 79.9. The monoisotopic (exact) mass is 370 g/mol. The first-order chi connectivity index (χ1) is 10.4. The van der Waals surface area contributed by atoms with Crippen LogP contribution in [0, 0.1) is 6.92 Å². The van der Waals surface area contributed by atoms with Gasteiger partial charge in [0.1, 0.15) is 12.4 Å². The third-order valence-corrected chi connectivity index (χ3v) is 2.98. The van der Waals surface area contributed by atoms with Gasteiger partial charge in [0.15, 0.2) is 0 Å². The fraction of sp³-hybridized carbons (Fsp3) is 0.214. The molecule has 0 bridgehead atoms. The lowest BCUT2D eigenvalue weighted by Gasteiger charge is -2.09. The number of rotatable bonds is 4. The highest BCUT2D eigenvalue weighted by Gasteiger charge is 2.04. The fourth-order valence-corrected chi connectivity index (χ4v) is 1.93. The van der Waals surface area contributed by atoms with Crippen LogP contribution in [0.3, 0.4) is 0 Å². The summed E-state index contributed by atoms with van der Waals surface area (Å²) < 4.78 is 8.77. The molecular formula is C14H15BrN2O5. The maximum atomic E-state index is 9.10. The van der Waals surface area contributed by atoms with Gasteiger partial charge in [-0.25, -0.2) is 14.6 Å². The zero-order chi connectivity index (χ0) is 16.5. The lowest BCUT2D eigenvalue weighted by Crippen LogP contribution is -2.09. The second-order valence-electron chi connectivity index (χ2n) is 4.17. The van der Waals surface area contributed by atoms with Crippen molar-refractivity contribution in [2.45, 2.75) is 13.5 Å². The Morgan fingerprint density at radius 1 is 1.32 bits per heavy atom. The molecule has 0 aliphatic carbocycles. The van der Waals surface area contributed by atoms with Gasteiger partial charge in [-0.1, -0.05) is 15.9 Å². The number of carboxylic acid groups (broad SMARTS) is 2. The van der Waals surface area contributed by atoms with Gasteiger partial charge in [0.2, 0.25) is 0 Å². The molecule has 118 valence electrons. The third kappa shape index (κ3) is 6.40. The van der Waals surface area contributed by atoms with Gasteiger partial charge >= 0.3 is 11.9 Å². The number of hydrogen-bond donors (Lipinski definition) is 2. The number of hydrogen-bond acceptors (Lipinski definition) is 4. The standard InChI is InChI=1S/C12H13BrN2O.C2H2O4/c1-10-8-11(13)2-3-12(10)16-7-6-15-5-4-14-9-15;3-1(4)2(5)6/h2-5,8-9H,6-7H2,1H3;(H,3,4)(H,5,6). The summed E-state index contributed by atoms with van der Waals surface area (Å²) in [6.07, 6.45) is 5.49. The molecule has 0 unspecified atom stereocenters. The molecule has 0 aliphatic rings. The normalized spacial score (nSPS) is 9.55. The molecule has 0 radical (unpaired) electrons. The number of halogens is 1. The first kappa shape index (κ1) is 17.7. The van der Waals surface area contributed by atoms with Crippen LogP contribution in [0.2, 0.25) is 0 Å². The number of carboxylic acids is 2. The van der Waals surface area contributed by atoms with Gasteiger partial charge in [-0.05, 0) is 30.7 Å². The Morgan fingerprint density at radius 2 is 2.00 bits per heavy atom. The molecule has 0 aliphatic heterocycles. The summed E-state index contributed by atoms with van der Waals surface area (Å²) in [7, 11) is 0. The molecule has 1 aromatic carbocycles. The van der Waals surface area contributed by atoms with Crippen LogP contribution in [0.15, 0.2) is 41.4 Å². The maximum Gasteiger partial charge on any atom is 0.414 e. The Kier molecular flexibility index (Phi) is 7.11. The average Bonchev–Trinajstić information content (AvgIpc) is 2.95. The minimum absolute atomic E-state index is 0.652. The molecule has 0 spiro atoms. The van der Waals surface area contributed by atoms with Crippen LogP contribution in [0.5, 0.6) is 5.75 Å². The summed E-state index contributed by atoms with van der Waals surface area (Å²) in [5.74, 6) is -2.71. The van der Waals surface area contributed by atoms with Crippen LogP contribution in [-0.4, -0.2) is 38.3 Å². The minimum atomic E-state index is -1.82. The van der Waals surface area contributed by atoms with Gasteiger partial charge in [-0.15, -0.1) is 0 Å². The van der Waals surface area contributed by atoms with Crippen molar-refractivity contribution in [3.05, 3.63) is 47.0 Å². The molecule has 2 rings (SSSR count). The van der Waals surface area contributed by atoms with Crippen molar-refractivity contribution in [3.8, 4) is 5.75 Å². The molecule has 0 saturated heterocycles. The summed E-state index contributed by atoms with van der Waals surface area (Å²) in [6, 6.07) is 6.01. The van der Waals surface area contributed by atoms with E-state index in [2.05, 4.69) is 20.9 Å². The van der Waals surface area contributed by atoms with Crippen molar-refractivity contribution in [2.75, 3.05) is 6.61 Å². The second kappa shape index (κ2) is 8.83. The Bertz CT molecular complexity index is 616. The molecule has 0 saturated carbocycles. The van der Waals surface area contributed by atoms with Crippen LogP contribution >= 0.6 is 15.9 Å². The van der Waals surface area contributed by atoms with Crippen LogP contribution in [0.25, 0.3) is 0 Å². The molecule has 0 atom stereocenters. The predicted molar refractivity (Wildman–Crippen MR) is 81.9 cm³/mol. The van der Waals surface area contributed by atoms with E-state index in [0.717, 1.165) is 22.3 Å². The van der Waals surface area contributed by atoms with Crippen molar-refractivity contribution in [2.24, 2.45) is 0 Å². The predicted octanol–water partition coefficient (Wildman–Crippen LogP) is 2.19. The number of aryl methyl sites for hydroxylation is 1. The Labute approximate surface area is 135 Å². The summed E-state index contributed by atoms with van der Waals surface area (Å²) in [5, 5.41) is 14.8. The van der Waals surface area contributed by atoms with Crippen LogP contribution in [0.4, 0.5) is 0 Å². The van der Waals surface area contributed by atoms with Crippen molar-refractivity contribution >= 4 is 27.9 Å². The molecule has 1 aromatic heterocycles. The molecular weight excluding hydrogens is 356 g/mol. The quantitative estimate of drug-likeness (QED) is 0.799. The van der Waals surface area contributed by atoms with E-state index in [9.17, 15) is 0 Å². The number of ether oxygens (including phenoxy) is 1. The van der Waals surface area contributed by atoms with E-state index < -0.39 is 11.9 Å². The summed E-state index contributed by atoms with van der Waals surface area (Å²) in [4.78, 5) is 22.2. The molecule has 0 fully saturated rings. The van der Waals surface area contributed by atoms with Crippen molar-refractivity contribution in [1.29, 1.82) is 0 Å². The van der Waals surface area contributed by atoms with Gasteiger partial charge in [-0.2, -0.15) is 0 Å². The number of nitrogens with zero attached hydrogens (tertiary/aromatic N) is 2. The van der Waals surface area contributed by atoms with Crippen molar-refractivity contribution < 1.29 is 24.5 Å². The summed E-state index contributed by atoms with van der Waals surface area (Å²) >= 11 is 3.43. The first-order valence-corrected chi connectivity index (χ1v) is 7.00. The number of aromatic nitrogens is 2. The van der Waals surface area contributed by atoms with E-state index in [1.165, 1.54) is 0 Å². The van der Waals surface area contributed by atoms with E-state index in [1.807, 2.05) is 35.9 Å². The van der Waals surface area contributed by atoms with E-state index in [0.29, 0.717) is 6.61 Å². The van der Waals surface area contributed by atoms with E-state index in [1.54, 1.807) is 12.5 Å². The lowest BCUT2D eigenvalue weighted by molar-refractivity contribution is -0.159. The molecule has 1 heterocycles. The van der Waals surface area contributed by atoms with Crippen LogP contribution in [0.1, 0.15) is 5.56 Å². The van der Waals surface area contributed by atoms with Crippen molar-refractivity contribution in [3.63, 3.8) is 0 Å². The zero-order valence-electron chi connectivity index (χ0n) is 11.8. The van der Waals surface area contributed by atoms with Gasteiger partial charge < -0.3 is 19.5 Å². The van der Waals surface area contributed by atoms with E-state index >= 15 is 0 Å². The van der Waals surface area contributed by atoms with E-state index in [4.69, 9.17) is 24.5 Å². The van der Waals surface area contributed by atoms with Crippen molar-refractivity contribution in [1.82, 2.24) is 9.55 Å². The highest BCUT2D eigenvalue weighted by molar-refractivity contribution is 9.10. The maximum absolute atomic E-state index is 9.10. The summed E-state index contributed by atoms with van der Waals surface area (Å²) in [5.41, 5.74) is 1.14. The van der Waals surface area contributed by atoms with Gasteiger partial charge in [0.05, 0.1) is 12.9 Å². The topological polar surface area (TPSA) is 102 Å².